The standard InChI is InChI=1S/C17H19N3O5/c21-14(18-11-6-5-10(9-11)17(24)25)7-8-20-16(23)13-4-2-1-3-12(13)15(22)19-20/h1-4,10-11H,5-9H2,(H,18,21)(H,19,22)(H,24,25)/t10-,11+/m0/s1. The third kappa shape index (κ3) is 3.62. The molecule has 132 valence electrons. The summed E-state index contributed by atoms with van der Waals surface area (Å²) < 4.78 is 1.14. The third-order valence-electron chi connectivity index (χ3n) is 4.59. The van der Waals surface area contributed by atoms with Crippen LogP contribution in [0.25, 0.3) is 10.8 Å². The van der Waals surface area contributed by atoms with E-state index < -0.39 is 11.9 Å². The molecule has 25 heavy (non-hydrogen) atoms. The molecule has 1 heterocycles. The second kappa shape index (κ2) is 6.92. The molecule has 1 saturated carbocycles. The number of aliphatic carboxylic acids is 1. The minimum Gasteiger partial charge on any atom is -0.481 e. The van der Waals surface area contributed by atoms with Gasteiger partial charge in [-0.05, 0) is 31.4 Å². The molecule has 1 aromatic carbocycles. The molecule has 2 aromatic rings. The fourth-order valence-electron chi connectivity index (χ4n) is 3.25. The van der Waals surface area contributed by atoms with Gasteiger partial charge in [-0.1, -0.05) is 12.1 Å². The molecular weight excluding hydrogens is 326 g/mol. The van der Waals surface area contributed by atoms with E-state index in [1.54, 1.807) is 24.3 Å². The van der Waals surface area contributed by atoms with Crippen LogP contribution in [-0.2, 0) is 16.1 Å². The van der Waals surface area contributed by atoms with E-state index in [9.17, 15) is 19.2 Å². The number of aromatic nitrogens is 2. The van der Waals surface area contributed by atoms with Gasteiger partial charge in [0.15, 0.2) is 0 Å². The van der Waals surface area contributed by atoms with Crippen LogP contribution < -0.4 is 16.4 Å². The van der Waals surface area contributed by atoms with Gasteiger partial charge in [0.25, 0.3) is 11.1 Å². The highest BCUT2D eigenvalue weighted by Crippen LogP contribution is 2.25. The number of carbonyl (C=O) groups is 2. The van der Waals surface area contributed by atoms with Crippen molar-refractivity contribution in [1.29, 1.82) is 0 Å². The zero-order chi connectivity index (χ0) is 18.0. The maximum absolute atomic E-state index is 12.4. The topological polar surface area (TPSA) is 121 Å². The monoisotopic (exact) mass is 345 g/mol. The molecule has 0 saturated heterocycles. The normalized spacial score (nSPS) is 19.8. The molecule has 1 aromatic heterocycles. The van der Waals surface area contributed by atoms with Gasteiger partial charge < -0.3 is 10.4 Å². The SMILES string of the molecule is O=C(CCn1[nH]c(=O)c2ccccc2c1=O)N[C@@H]1CC[C@H](C(=O)O)C1. The first-order chi connectivity index (χ1) is 12.0. The predicted octanol–water partition coefficient (Wildman–Crippen LogP) is 0.449. The zero-order valence-corrected chi connectivity index (χ0v) is 13.5. The van der Waals surface area contributed by atoms with Gasteiger partial charge in [-0.25, -0.2) is 4.68 Å². The van der Waals surface area contributed by atoms with Crippen molar-refractivity contribution < 1.29 is 14.7 Å². The summed E-state index contributed by atoms with van der Waals surface area (Å²) in [5.41, 5.74) is -0.731. The summed E-state index contributed by atoms with van der Waals surface area (Å²) in [5.74, 6) is -1.52. The van der Waals surface area contributed by atoms with E-state index in [1.165, 1.54) is 0 Å². The molecule has 0 aliphatic heterocycles. The first kappa shape index (κ1) is 16.9. The van der Waals surface area contributed by atoms with Crippen molar-refractivity contribution in [2.24, 2.45) is 5.92 Å². The number of carboxylic acid groups (broad SMARTS) is 1. The number of rotatable bonds is 5. The van der Waals surface area contributed by atoms with E-state index in [0.29, 0.717) is 30.0 Å². The second-order valence-electron chi connectivity index (χ2n) is 6.31. The van der Waals surface area contributed by atoms with Crippen LogP contribution >= 0.6 is 0 Å². The molecule has 1 aliphatic carbocycles. The number of amides is 1. The molecular formula is C17H19N3O5. The molecule has 8 nitrogen and oxygen atoms in total. The lowest BCUT2D eigenvalue weighted by molar-refractivity contribution is -0.141. The molecule has 0 bridgehead atoms. The molecule has 0 unspecified atom stereocenters. The van der Waals surface area contributed by atoms with Crippen molar-refractivity contribution >= 4 is 22.6 Å². The van der Waals surface area contributed by atoms with Crippen LogP contribution in [0.5, 0.6) is 0 Å². The van der Waals surface area contributed by atoms with Gasteiger partial charge in [0, 0.05) is 12.5 Å². The van der Waals surface area contributed by atoms with E-state index in [-0.39, 0.29) is 36.0 Å². The van der Waals surface area contributed by atoms with Crippen molar-refractivity contribution in [2.75, 3.05) is 0 Å². The van der Waals surface area contributed by atoms with Gasteiger partial charge in [-0.2, -0.15) is 0 Å². The molecule has 8 heteroatoms. The van der Waals surface area contributed by atoms with E-state index in [2.05, 4.69) is 10.4 Å². The zero-order valence-electron chi connectivity index (χ0n) is 13.5. The van der Waals surface area contributed by atoms with Crippen LogP contribution in [-0.4, -0.2) is 32.8 Å². The number of carboxylic acids is 1. The number of benzene rings is 1. The highest BCUT2D eigenvalue weighted by molar-refractivity contribution is 5.80. The van der Waals surface area contributed by atoms with E-state index in [1.807, 2.05) is 0 Å². The number of nitrogens with zero attached hydrogens (tertiary/aromatic N) is 1. The fraction of sp³-hybridized carbons (Fsp3) is 0.412. The Morgan fingerprint density at radius 2 is 1.92 bits per heavy atom. The van der Waals surface area contributed by atoms with E-state index in [4.69, 9.17) is 5.11 Å². The van der Waals surface area contributed by atoms with Gasteiger partial charge in [0.05, 0.1) is 23.2 Å². The number of hydrogen-bond acceptors (Lipinski definition) is 4. The van der Waals surface area contributed by atoms with Crippen LogP contribution in [0.4, 0.5) is 0 Å². The lowest BCUT2D eigenvalue weighted by atomic mass is 10.1. The third-order valence-corrected chi connectivity index (χ3v) is 4.59. The van der Waals surface area contributed by atoms with Crippen molar-refractivity contribution in [2.45, 2.75) is 38.3 Å². The van der Waals surface area contributed by atoms with E-state index >= 15 is 0 Å². The lowest BCUT2D eigenvalue weighted by Gasteiger charge is -2.13. The molecule has 1 amide bonds. The Bertz CT molecular complexity index is 930. The lowest BCUT2D eigenvalue weighted by Crippen LogP contribution is -2.36. The van der Waals surface area contributed by atoms with Crippen LogP contribution in [0.3, 0.4) is 0 Å². The Hall–Kier alpha value is -2.90. The molecule has 0 radical (unpaired) electrons. The molecule has 3 rings (SSSR count). The van der Waals surface area contributed by atoms with Crippen molar-refractivity contribution in [1.82, 2.24) is 15.1 Å². The quantitative estimate of drug-likeness (QED) is 0.726. The summed E-state index contributed by atoms with van der Waals surface area (Å²) in [4.78, 5) is 47.3. The molecule has 1 aliphatic rings. The van der Waals surface area contributed by atoms with E-state index in [0.717, 1.165) is 4.68 Å². The molecule has 2 atom stereocenters. The number of hydrogen-bond donors (Lipinski definition) is 3. The Kier molecular flexibility index (Phi) is 4.69. The van der Waals surface area contributed by atoms with Crippen LogP contribution in [0, 0.1) is 5.92 Å². The summed E-state index contributed by atoms with van der Waals surface area (Å²) in [7, 11) is 0. The van der Waals surface area contributed by atoms with Gasteiger partial charge in [0.2, 0.25) is 5.91 Å². The Morgan fingerprint density at radius 1 is 1.20 bits per heavy atom. The number of fused-ring (bicyclic) bond motifs is 1. The number of aryl methyl sites for hydroxylation is 1. The number of nitrogens with one attached hydrogen (secondary N) is 2. The Labute approximate surface area is 142 Å². The average molecular weight is 345 g/mol. The summed E-state index contributed by atoms with van der Waals surface area (Å²) >= 11 is 0. The minimum absolute atomic E-state index is 0.0302. The van der Waals surface area contributed by atoms with Crippen molar-refractivity contribution in [3.05, 3.63) is 45.0 Å². The first-order valence-corrected chi connectivity index (χ1v) is 8.19. The van der Waals surface area contributed by atoms with Crippen LogP contribution in [0.15, 0.2) is 33.9 Å². The van der Waals surface area contributed by atoms with Gasteiger partial charge in [0.1, 0.15) is 0 Å². The summed E-state index contributed by atoms with van der Waals surface area (Å²) in [6, 6.07) is 6.36. The molecule has 0 spiro atoms. The smallest absolute Gasteiger partial charge is 0.306 e. The number of H-pyrrole nitrogens is 1. The summed E-state index contributed by atoms with van der Waals surface area (Å²) in [6.45, 7) is 0.0554. The maximum atomic E-state index is 12.4. The van der Waals surface area contributed by atoms with Gasteiger partial charge in [-0.15, -0.1) is 0 Å². The van der Waals surface area contributed by atoms with Crippen molar-refractivity contribution in [3.8, 4) is 0 Å². The first-order valence-electron chi connectivity index (χ1n) is 8.19. The summed E-state index contributed by atoms with van der Waals surface area (Å²) in [6.07, 6.45) is 1.64. The minimum atomic E-state index is -0.836. The molecule has 1 fully saturated rings. The maximum Gasteiger partial charge on any atom is 0.306 e. The second-order valence-corrected chi connectivity index (χ2v) is 6.31. The number of carbonyl (C=O) groups excluding carboxylic acids is 1. The fourth-order valence-corrected chi connectivity index (χ4v) is 3.25. The predicted molar refractivity (Wildman–Crippen MR) is 90.4 cm³/mol. The summed E-state index contributed by atoms with van der Waals surface area (Å²) in [5, 5.41) is 14.9. The van der Waals surface area contributed by atoms with Gasteiger partial charge >= 0.3 is 5.97 Å². The Morgan fingerprint density at radius 3 is 2.60 bits per heavy atom. The highest BCUT2D eigenvalue weighted by Gasteiger charge is 2.30. The highest BCUT2D eigenvalue weighted by atomic mass is 16.4. The average Bonchev–Trinajstić information content (AvgIpc) is 3.05. The Balaban J connectivity index is 1.64. The van der Waals surface area contributed by atoms with Crippen LogP contribution in [0.1, 0.15) is 25.7 Å². The van der Waals surface area contributed by atoms with Crippen LogP contribution in [0.2, 0.25) is 0 Å². The molecule has 3 N–H and O–H groups in total. The van der Waals surface area contributed by atoms with Crippen molar-refractivity contribution in [3.63, 3.8) is 0 Å². The van der Waals surface area contributed by atoms with Gasteiger partial charge in [-0.3, -0.25) is 24.3 Å². The largest absolute Gasteiger partial charge is 0.481 e. The number of aromatic amines is 1.